The largest absolute Gasteiger partial charge is 0.345 e. The van der Waals surface area contributed by atoms with Crippen molar-refractivity contribution in [1.29, 1.82) is 0 Å². The third kappa shape index (κ3) is 2.86. The monoisotopic (exact) mass is 344 g/mol. The van der Waals surface area contributed by atoms with Crippen LogP contribution in [0.3, 0.4) is 0 Å². The zero-order valence-electron chi connectivity index (χ0n) is 13.4. The minimum Gasteiger partial charge on any atom is -0.345 e. The van der Waals surface area contributed by atoms with E-state index in [0.717, 1.165) is 36.8 Å². The molecule has 0 amide bonds. The first kappa shape index (κ1) is 15.1. The number of thiazole rings is 2. The first-order chi connectivity index (χ1) is 11.2. The van der Waals surface area contributed by atoms with E-state index in [4.69, 9.17) is 4.98 Å². The number of aromatic nitrogens is 2. The van der Waals surface area contributed by atoms with Crippen LogP contribution in [0.5, 0.6) is 0 Å². The van der Waals surface area contributed by atoms with Gasteiger partial charge in [0, 0.05) is 37.8 Å². The molecule has 0 bridgehead atoms. The number of rotatable bonds is 3. The van der Waals surface area contributed by atoms with E-state index in [2.05, 4.69) is 52.2 Å². The van der Waals surface area contributed by atoms with Gasteiger partial charge in [0.15, 0.2) is 5.13 Å². The number of benzene rings is 1. The third-order valence-electron chi connectivity index (χ3n) is 4.54. The number of nitrogens with zero attached hydrogens (tertiary/aromatic N) is 4. The number of piperazine rings is 1. The normalized spacial score (nSPS) is 17.7. The predicted octanol–water partition coefficient (Wildman–Crippen LogP) is 3.94. The van der Waals surface area contributed by atoms with Gasteiger partial charge in [-0.2, -0.15) is 0 Å². The Hall–Kier alpha value is -1.50. The molecule has 2 aromatic heterocycles. The van der Waals surface area contributed by atoms with Crippen molar-refractivity contribution in [3.05, 3.63) is 40.3 Å². The van der Waals surface area contributed by atoms with Crippen molar-refractivity contribution in [3.8, 4) is 0 Å². The summed E-state index contributed by atoms with van der Waals surface area (Å²) in [4.78, 5) is 14.2. The maximum absolute atomic E-state index is 4.83. The predicted molar refractivity (Wildman–Crippen MR) is 98.7 cm³/mol. The molecule has 1 atom stereocenters. The van der Waals surface area contributed by atoms with Crippen molar-refractivity contribution in [2.75, 3.05) is 31.1 Å². The quantitative estimate of drug-likeness (QED) is 0.720. The van der Waals surface area contributed by atoms with Crippen LogP contribution in [-0.4, -0.2) is 41.0 Å². The van der Waals surface area contributed by atoms with Crippen LogP contribution in [0.1, 0.15) is 23.5 Å². The lowest BCUT2D eigenvalue weighted by atomic mass is 10.2. The minimum atomic E-state index is 0.412. The highest BCUT2D eigenvalue weighted by atomic mass is 32.1. The average Bonchev–Trinajstić information content (AvgIpc) is 3.24. The third-order valence-corrected chi connectivity index (χ3v) is 6.75. The number of hydrogen-bond acceptors (Lipinski definition) is 6. The molecule has 6 heteroatoms. The average molecular weight is 345 g/mol. The lowest BCUT2D eigenvalue weighted by Crippen LogP contribution is -2.47. The van der Waals surface area contributed by atoms with Gasteiger partial charge in [-0.1, -0.05) is 23.5 Å². The van der Waals surface area contributed by atoms with E-state index in [1.807, 2.05) is 17.5 Å². The molecule has 1 aliphatic heterocycles. The highest BCUT2D eigenvalue weighted by Gasteiger charge is 2.25. The Morgan fingerprint density at radius 2 is 2.00 bits per heavy atom. The van der Waals surface area contributed by atoms with Crippen molar-refractivity contribution >= 4 is 38.0 Å². The van der Waals surface area contributed by atoms with Gasteiger partial charge in [-0.3, -0.25) is 4.90 Å². The van der Waals surface area contributed by atoms with Gasteiger partial charge in [0.05, 0.1) is 16.3 Å². The summed E-state index contributed by atoms with van der Waals surface area (Å²) in [5.74, 6) is 0. The Morgan fingerprint density at radius 1 is 1.17 bits per heavy atom. The highest BCUT2D eigenvalue weighted by Crippen LogP contribution is 2.32. The lowest BCUT2D eigenvalue weighted by Gasteiger charge is -2.37. The summed E-state index contributed by atoms with van der Waals surface area (Å²) in [5, 5.41) is 4.44. The lowest BCUT2D eigenvalue weighted by molar-refractivity contribution is 0.198. The standard InChI is InChI=1S/C17H20N4S2/c1-12-4-3-5-14-15(12)23-17(19-14)21-9-7-20(8-10-21)13(2)16-18-6-11-22-16/h3-6,11,13H,7-10H2,1-2H3. The zero-order valence-corrected chi connectivity index (χ0v) is 15.0. The highest BCUT2D eigenvalue weighted by molar-refractivity contribution is 7.22. The Morgan fingerprint density at radius 3 is 2.70 bits per heavy atom. The summed E-state index contributed by atoms with van der Waals surface area (Å²) in [6, 6.07) is 6.78. The first-order valence-electron chi connectivity index (χ1n) is 7.97. The van der Waals surface area contributed by atoms with E-state index in [1.54, 1.807) is 11.3 Å². The number of fused-ring (bicyclic) bond motifs is 1. The van der Waals surface area contributed by atoms with Crippen molar-refractivity contribution < 1.29 is 0 Å². The van der Waals surface area contributed by atoms with E-state index in [1.165, 1.54) is 15.3 Å². The molecule has 1 aliphatic rings. The molecule has 1 unspecified atom stereocenters. The molecule has 0 spiro atoms. The van der Waals surface area contributed by atoms with Crippen LogP contribution in [0.4, 0.5) is 5.13 Å². The SMILES string of the molecule is Cc1cccc2nc(N3CCN(C(C)c4nccs4)CC3)sc12. The molecular formula is C17H20N4S2. The Bertz CT molecular complexity index is 788. The maximum atomic E-state index is 4.83. The van der Waals surface area contributed by atoms with E-state index < -0.39 is 0 Å². The molecule has 0 aliphatic carbocycles. The minimum absolute atomic E-state index is 0.412. The van der Waals surface area contributed by atoms with Crippen molar-refractivity contribution in [2.45, 2.75) is 19.9 Å². The number of anilines is 1. The smallest absolute Gasteiger partial charge is 0.186 e. The van der Waals surface area contributed by atoms with Crippen LogP contribution in [0.25, 0.3) is 10.2 Å². The van der Waals surface area contributed by atoms with E-state index in [9.17, 15) is 0 Å². The van der Waals surface area contributed by atoms with E-state index >= 15 is 0 Å². The van der Waals surface area contributed by atoms with Crippen molar-refractivity contribution in [3.63, 3.8) is 0 Å². The fourth-order valence-corrected chi connectivity index (χ4v) is 4.92. The van der Waals surface area contributed by atoms with Gasteiger partial charge in [0.25, 0.3) is 0 Å². The summed E-state index contributed by atoms with van der Waals surface area (Å²) in [5.41, 5.74) is 2.45. The van der Waals surface area contributed by atoms with Gasteiger partial charge >= 0.3 is 0 Å². The van der Waals surface area contributed by atoms with Gasteiger partial charge in [-0.15, -0.1) is 11.3 Å². The molecular weight excluding hydrogens is 324 g/mol. The molecule has 23 heavy (non-hydrogen) atoms. The molecule has 3 aromatic rings. The molecule has 4 nitrogen and oxygen atoms in total. The van der Waals surface area contributed by atoms with Gasteiger partial charge in [0.2, 0.25) is 0 Å². The van der Waals surface area contributed by atoms with Gasteiger partial charge in [-0.25, -0.2) is 9.97 Å². The fourth-order valence-electron chi connectivity index (χ4n) is 3.11. The van der Waals surface area contributed by atoms with Crippen molar-refractivity contribution in [1.82, 2.24) is 14.9 Å². The molecule has 120 valence electrons. The topological polar surface area (TPSA) is 32.3 Å². The molecule has 4 rings (SSSR count). The first-order valence-corrected chi connectivity index (χ1v) is 9.66. The summed E-state index contributed by atoms with van der Waals surface area (Å²) in [6.07, 6.45) is 1.90. The molecule has 1 fully saturated rings. The summed E-state index contributed by atoms with van der Waals surface area (Å²) < 4.78 is 1.32. The van der Waals surface area contributed by atoms with Gasteiger partial charge < -0.3 is 4.90 Å². The van der Waals surface area contributed by atoms with Crippen LogP contribution in [0.15, 0.2) is 29.8 Å². The number of hydrogen-bond donors (Lipinski definition) is 0. The van der Waals surface area contributed by atoms with Gasteiger partial charge in [0.1, 0.15) is 5.01 Å². The van der Waals surface area contributed by atoms with E-state index in [0.29, 0.717) is 6.04 Å². The van der Waals surface area contributed by atoms with E-state index in [-0.39, 0.29) is 0 Å². The van der Waals surface area contributed by atoms with Crippen LogP contribution in [0, 0.1) is 6.92 Å². The van der Waals surface area contributed by atoms with Crippen LogP contribution in [-0.2, 0) is 0 Å². The molecule has 1 saturated heterocycles. The second-order valence-electron chi connectivity index (χ2n) is 5.99. The Kier molecular flexibility index (Phi) is 4.05. The zero-order chi connectivity index (χ0) is 15.8. The van der Waals surface area contributed by atoms with Crippen LogP contribution >= 0.6 is 22.7 Å². The molecule has 0 N–H and O–H groups in total. The number of aryl methyl sites for hydroxylation is 1. The molecule has 3 heterocycles. The van der Waals surface area contributed by atoms with Crippen molar-refractivity contribution in [2.24, 2.45) is 0 Å². The Labute approximate surface area is 144 Å². The summed E-state index contributed by atoms with van der Waals surface area (Å²) in [7, 11) is 0. The van der Waals surface area contributed by atoms with Gasteiger partial charge in [-0.05, 0) is 25.5 Å². The van der Waals surface area contributed by atoms with Crippen LogP contribution < -0.4 is 4.90 Å². The second kappa shape index (κ2) is 6.19. The Balaban J connectivity index is 1.47. The maximum Gasteiger partial charge on any atom is 0.186 e. The second-order valence-corrected chi connectivity index (χ2v) is 7.89. The molecule has 1 aromatic carbocycles. The molecule has 0 radical (unpaired) electrons. The van der Waals surface area contributed by atoms with Crippen LogP contribution in [0.2, 0.25) is 0 Å². The molecule has 0 saturated carbocycles. The fraction of sp³-hybridized carbons (Fsp3) is 0.412. The summed E-state index contributed by atoms with van der Waals surface area (Å²) in [6.45, 7) is 8.63. The summed E-state index contributed by atoms with van der Waals surface area (Å²) >= 11 is 3.57.